The number of aliphatic hydroxyl groups excluding tert-OH is 1. The van der Waals surface area contributed by atoms with E-state index in [2.05, 4.69) is 49.7 Å². The minimum atomic E-state index is -0.188. The lowest BCUT2D eigenvalue weighted by Gasteiger charge is -2.31. The van der Waals surface area contributed by atoms with Crippen molar-refractivity contribution in [3.63, 3.8) is 0 Å². The molecule has 27 heavy (non-hydrogen) atoms. The van der Waals surface area contributed by atoms with Crippen molar-refractivity contribution in [2.75, 3.05) is 11.9 Å². The summed E-state index contributed by atoms with van der Waals surface area (Å²) in [6.07, 6.45) is 9.46. The summed E-state index contributed by atoms with van der Waals surface area (Å²) in [6, 6.07) is 10.4. The van der Waals surface area contributed by atoms with Gasteiger partial charge in [-0.1, -0.05) is 30.3 Å². The number of aromatic nitrogens is 4. The Labute approximate surface area is 159 Å². The molecular weight excluding hydrogens is 338 g/mol. The van der Waals surface area contributed by atoms with Crippen LogP contribution in [0.5, 0.6) is 0 Å². The van der Waals surface area contributed by atoms with Crippen molar-refractivity contribution in [3.05, 3.63) is 48.4 Å². The van der Waals surface area contributed by atoms with Crippen molar-refractivity contribution in [1.29, 1.82) is 0 Å². The summed E-state index contributed by atoms with van der Waals surface area (Å²) in [6.45, 7) is 0.907. The predicted octanol–water partition coefficient (Wildman–Crippen LogP) is 3.56. The lowest BCUT2D eigenvalue weighted by Crippen LogP contribution is -2.28. The highest BCUT2D eigenvalue weighted by molar-refractivity contribution is 5.85. The van der Waals surface area contributed by atoms with Crippen LogP contribution in [0.15, 0.2) is 42.9 Å². The minimum absolute atomic E-state index is 0.188. The highest BCUT2D eigenvalue weighted by Crippen LogP contribution is 2.32. The largest absolute Gasteiger partial charge is 0.393 e. The molecule has 0 saturated heterocycles. The highest BCUT2D eigenvalue weighted by atomic mass is 16.3. The third-order valence-electron chi connectivity index (χ3n) is 5.81. The Morgan fingerprint density at radius 1 is 1.11 bits per heavy atom. The molecule has 3 aromatic rings. The average Bonchev–Trinajstić information content (AvgIpc) is 3.21. The first kappa shape index (κ1) is 17.9. The molecule has 1 fully saturated rings. The minimum Gasteiger partial charge on any atom is -0.393 e. The Bertz CT molecular complexity index is 842. The van der Waals surface area contributed by atoms with Crippen molar-refractivity contribution in [2.45, 2.75) is 44.6 Å². The van der Waals surface area contributed by atoms with E-state index >= 15 is 0 Å². The van der Waals surface area contributed by atoms with Gasteiger partial charge in [0.15, 0.2) is 5.65 Å². The summed E-state index contributed by atoms with van der Waals surface area (Å²) in [5.41, 5.74) is 2.07. The van der Waals surface area contributed by atoms with Gasteiger partial charge < -0.3 is 10.4 Å². The first-order valence-electron chi connectivity index (χ1n) is 9.89. The number of anilines is 1. The van der Waals surface area contributed by atoms with Gasteiger partial charge in [0, 0.05) is 6.54 Å². The molecule has 1 saturated carbocycles. The fourth-order valence-corrected chi connectivity index (χ4v) is 4.12. The zero-order valence-corrected chi connectivity index (χ0v) is 15.5. The Balaban J connectivity index is 1.22. The molecule has 1 aliphatic carbocycles. The normalized spacial score (nSPS) is 21.2. The molecule has 0 bridgehead atoms. The molecule has 0 amide bonds. The highest BCUT2D eigenvalue weighted by Gasteiger charge is 2.26. The maximum atomic E-state index is 10.6. The van der Waals surface area contributed by atoms with Gasteiger partial charge in [-0.2, -0.15) is 5.10 Å². The molecule has 1 atom stereocenters. The second-order valence-corrected chi connectivity index (χ2v) is 7.61. The van der Waals surface area contributed by atoms with Gasteiger partial charge in [-0.3, -0.25) is 5.10 Å². The van der Waals surface area contributed by atoms with E-state index in [-0.39, 0.29) is 6.10 Å². The fraction of sp³-hybridized carbons (Fsp3) is 0.476. The molecular formula is C21H27N5O. The standard InChI is InChI=1S/C21H27N5O/c27-19(11-8-15-4-2-1-3-5-15)17-9-6-16(7-10-17)12-22-20-18-13-25-26-21(18)24-14-23-20/h1-5,13-14,16-17,19,27H,6-12H2,(H2,22,23,24,25,26)/t16-,17+,19-/m0/s1. The summed E-state index contributed by atoms with van der Waals surface area (Å²) in [4.78, 5) is 8.51. The number of H-pyrrole nitrogens is 1. The van der Waals surface area contributed by atoms with E-state index in [0.717, 1.165) is 61.9 Å². The first-order valence-corrected chi connectivity index (χ1v) is 9.89. The van der Waals surface area contributed by atoms with Crippen LogP contribution in [0, 0.1) is 11.8 Å². The molecule has 142 valence electrons. The quantitative estimate of drug-likeness (QED) is 0.596. The number of benzene rings is 1. The van der Waals surface area contributed by atoms with Crippen molar-refractivity contribution in [1.82, 2.24) is 20.2 Å². The Hall–Kier alpha value is -2.47. The molecule has 2 heterocycles. The lowest BCUT2D eigenvalue weighted by atomic mass is 9.78. The fourth-order valence-electron chi connectivity index (χ4n) is 4.12. The molecule has 6 heteroatoms. The Morgan fingerprint density at radius 2 is 1.93 bits per heavy atom. The van der Waals surface area contributed by atoms with Crippen LogP contribution in [0.25, 0.3) is 11.0 Å². The van der Waals surface area contributed by atoms with E-state index in [1.807, 2.05) is 6.07 Å². The summed E-state index contributed by atoms with van der Waals surface area (Å²) in [7, 11) is 0. The monoisotopic (exact) mass is 365 g/mol. The van der Waals surface area contributed by atoms with Crippen LogP contribution < -0.4 is 5.32 Å². The molecule has 1 aromatic carbocycles. The molecule has 1 aliphatic rings. The molecule has 0 spiro atoms. The van der Waals surface area contributed by atoms with Gasteiger partial charge in [-0.05, 0) is 55.9 Å². The summed E-state index contributed by atoms with van der Waals surface area (Å²) in [5, 5.41) is 21.9. The maximum absolute atomic E-state index is 10.6. The number of hydrogen-bond donors (Lipinski definition) is 3. The van der Waals surface area contributed by atoms with Gasteiger partial charge >= 0.3 is 0 Å². The maximum Gasteiger partial charge on any atom is 0.160 e. The van der Waals surface area contributed by atoms with Gasteiger partial charge in [0.05, 0.1) is 17.7 Å². The molecule has 0 aliphatic heterocycles. The van der Waals surface area contributed by atoms with Crippen molar-refractivity contribution >= 4 is 16.9 Å². The van der Waals surface area contributed by atoms with Gasteiger partial charge in [0.2, 0.25) is 0 Å². The van der Waals surface area contributed by atoms with E-state index in [9.17, 15) is 5.11 Å². The zero-order chi connectivity index (χ0) is 18.5. The van der Waals surface area contributed by atoms with Crippen LogP contribution in [0.1, 0.15) is 37.7 Å². The number of hydrogen-bond acceptors (Lipinski definition) is 5. The number of nitrogens with zero attached hydrogens (tertiary/aromatic N) is 3. The van der Waals surface area contributed by atoms with E-state index in [1.54, 1.807) is 12.5 Å². The lowest BCUT2D eigenvalue weighted by molar-refractivity contribution is 0.0684. The van der Waals surface area contributed by atoms with Gasteiger partial charge in [-0.25, -0.2) is 9.97 Å². The number of rotatable bonds is 7. The summed E-state index contributed by atoms with van der Waals surface area (Å²) in [5.74, 6) is 1.91. The molecule has 2 aromatic heterocycles. The van der Waals surface area contributed by atoms with Crippen molar-refractivity contribution in [3.8, 4) is 0 Å². The van der Waals surface area contributed by atoms with Gasteiger partial charge in [-0.15, -0.1) is 0 Å². The van der Waals surface area contributed by atoms with E-state index in [0.29, 0.717) is 11.8 Å². The topological polar surface area (TPSA) is 86.7 Å². The van der Waals surface area contributed by atoms with Crippen LogP contribution in [-0.4, -0.2) is 37.9 Å². The van der Waals surface area contributed by atoms with Crippen molar-refractivity contribution < 1.29 is 5.11 Å². The smallest absolute Gasteiger partial charge is 0.160 e. The van der Waals surface area contributed by atoms with Gasteiger partial charge in [0.25, 0.3) is 0 Å². The molecule has 3 N–H and O–H groups in total. The molecule has 6 nitrogen and oxygen atoms in total. The number of aryl methyl sites for hydroxylation is 1. The number of aromatic amines is 1. The van der Waals surface area contributed by atoms with E-state index < -0.39 is 0 Å². The third kappa shape index (κ3) is 4.45. The van der Waals surface area contributed by atoms with Crippen LogP contribution in [0.2, 0.25) is 0 Å². The van der Waals surface area contributed by atoms with Crippen molar-refractivity contribution in [2.24, 2.45) is 11.8 Å². The summed E-state index contributed by atoms with van der Waals surface area (Å²) < 4.78 is 0. The average molecular weight is 365 g/mol. The van der Waals surface area contributed by atoms with Gasteiger partial charge in [0.1, 0.15) is 12.1 Å². The van der Waals surface area contributed by atoms with Crippen LogP contribution in [-0.2, 0) is 6.42 Å². The van der Waals surface area contributed by atoms with Crippen LogP contribution in [0.3, 0.4) is 0 Å². The second kappa shape index (κ2) is 8.48. The van der Waals surface area contributed by atoms with E-state index in [1.165, 1.54) is 5.56 Å². The molecule has 4 rings (SSSR count). The SMILES string of the molecule is O[C@@H](CCc1ccccc1)[C@H]1CC[C@@H](CNc2ncnc3[nH]ncc23)CC1. The second-order valence-electron chi connectivity index (χ2n) is 7.61. The Morgan fingerprint density at radius 3 is 2.74 bits per heavy atom. The Kier molecular flexibility index (Phi) is 5.63. The van der Waals surface area contributed by atoms with E-state index in [4.69, 9.17) is 0 Å². The molecule has 0 radical (unpaired) electrons. The number of fused-ring (bicyclic) bond motifs is 1. The van der Waals surface area contributed by atoms with Crippen LogP contribution >= 0.6 is 0 Å². The summed E-state index contributed by atoms with van der Waals surface area (Å²) >= 11 is 0. The predicted molar refractivity (Wildman–Crippen MR) is 106 cm³/mol. The molecule has 0 unspecified atom stereocenters. The number of nitrogens with one attached hydrogen (secondary N) is 2. The third-order valence-corrected chi connectivity index (χ3v) is 5.81. The van der Waals surface area contributed by atoms with Crippen LogP contribution in [0.4, 0.5) is 5.82 Å². The first-order chi connectivity index (χ1) is 13.3. The zero-order valence-electron chi connectivity index (χ0n) is 15.5. The number of aliphatic hydroxyl groups is 1.